The minimum absolute atomic E-state index is 0.384. The van der Waals surface area contributed by atoms with Crippen LogP contribution in [0.15, 0.2) is 30.3 Å². The van der Waals surface area contributed by atoms with E-state index in [-0.39, 0.29) is 0 Å². The third kappa shape index (κ3) is 15.8. The van der Waals surface area contributed by atoms with Crippen molar-refractivity contribution in [2.45, 2.75) is 97.0 Å². The van der Waals surface area contributed by atoms with Crippen LogP contribution in [0, 0.1) is 0 Å². The van der Waals surface area contributed by atoms with Crippen LogP contribution in [-0.2, 0) is 11.2 Å². The van der Waals surface area contributed by atoms with Gasteiger partial charge in [0.15, 0.2) is 0 Å². The van der Waals surface area contributed by atoms with E-state index in [1.165, 1.54) is 94.1 Å². The van der Waals surface area contributed by atoms with Crippen LogP contribution in [0.25, 0.3) is 0 Å². The molecule has 0 aromatic heterocycles. The zero-order valence-electron chi connectivity index (χ0n) is 17.4. The molecule has 0 fully saturated rings. The first-order chi connectivity index (χ1) is 12.8. The fourth-order valence-corrected chi connectivity index (χ4v) is 4.11. The molecule has 26 heavy (non-hydrogen) atoms. The number of rotatable bonds is 18. The van der Waals surface area contributed by atoms with Crippen molar-refractivity contribution in [3.63, 3.8) is 0 Å². The maximum atomic E-state index is 5.56. The fraction of sp³-hybridized carbons (Fsp3) is 0.750. The van der Waals surface area contributed by atoms with Crippen molar-refractivity contribution in [2.24, 2.45) is 0 Å². The number of hydrogen-bond donors (Lipinski definition) is 0. The standard InChI is InChI=1S/C24H42OS/c1-23(2)25-20-16-22-26-21-15-10-8-6-4-3-5-7-9-12-17-24-18-13-11-14-19-24/h11,13-14,18-19,23H,3-10,12,15-17,20-22H2,1-2H3. The van der Waals surface area contributed by atoms with Gasteiger partial charge >= 0.3 is 0 Å². The average Bonchev–Trinajstić information content (AvgIpc) is 2.65. The fourth-order valence-electron chi connectivity index (χ4n) is 3.17. The lowest BCUT2D eigenvalue weighted by Crippen LogP contribution is -2.04. The molecule has 1 rings (SSSR count). The quantitative estimate of drug-likeness (QED) is 0.242. The molecular formula is C24H42OS. The molecule has 0 radical (unpaired) electrons. The van der Waals surface area contributed by atoms with E-state index in [1.54, 1.807) is 0 Å². The summed E-state index contributed by atoms with van der Waals surface area (Å²) in [6, 6.07) is 10.9. The van der Waals surface area contributed by atoms with Gasteiger partial charge in [-0.25, -0.2) is 0 Å². The van der Waals surface area contributed by atoms with Crippen LogP contribution in [0.2, 0.25) is 0 Å². The van der Waals surface area contributed by atoms with E-state index >= 15 is 0 Å². The van der Waals surface area contributed by atoms with Gasteiger partial charge in [-0.1, -0.05) is 81.7 Å². The molecule has 0 saturated carbocycles. The van der Waals surface area contributed by atoms with Crippen LogP contribution in [-0.4, -0.2) is 24.2 Å². The van der Waals surface area contributed by atoms with Gasteiger partial charge in [0.25, 0.3) is 0 Å². The summed E-state index contributed by atoms with van der Waals surface area (Å²) in [5.41, 5.74) is 1.49. The van der Waals surface area contributed by atoms with Crippen LogP contribution >= 0.6 is 11.8 Å². The SMILES string of the molecule is CC(C)OCCCSCCCCCCCCCCCCc1ccccc1. The molecule has 0 heterocycles. The molecule has 0 N–H and O–H groups in total. The molecule has 1 aromatic carbocycles. The number of unbranched alkanes of at least 4 members (excludes halogenated alkanes) is 9. The molecule has 150 valence electrons. The third-order valence-corrected chi connectivity index (χ3v) is 5.89. The maximum absolute atomic E-state index is 5.56. The first-order valence-corrected chi connectivity index (χ1v) is 12.2. The van der Waals surface area contributed by atoms with Crippen molar-refractivity contribution in [1.82, 2.24) is 0 Å². The lowest BCUT2D eigenvalue weighted by atomic mass is 10.0. The summed E-state index contributed by atoms with van der Waals surface area (Å²) in [5.74, 6) is 2.60. The Morgan fingerprint density at radius 1 is 0.692 bits per heavy atom. The molecule has 0 atom stereocenters. The van der Waals surface area contributed by atoms with E-state index in [9.17, 15) is 0 Å². The lowest BCUT2D eigenvalue weighted by Gasteiger charge is -2.07. The Hall–Kier alpha value is -0.470. The number of thioether (sulfide) groups is 1. The topological polar surface area (TPSA) is 9.23 Å². The summed E-state index contributed by atoms with van der Waals surface area (Å²) in [7, 11) is 0. The van der Waals surface area contributed by atoms with Gasteiger partial charge in [-0.05, 0) is 56.6 Å². The van der Waals surface area contributed by atoms with E-state index in [0.29, 0.717) is 6.10 Å². The minimum Gasteiger partial charge on any atom is -0.379 e. The Morgan fingerprint density at radius 2 is 1.23 bits per heavy atom. The maximum Gasteiger partial charge on any atom is 0.0518 e. The average molecular weight is 379 g/mol. The monoisotopic (exact) mass is 378 g/mol. The van der Waals surface area contributed by atoms with Gasteiger partial charge in [0.1, 0.15) is 0 Å². The Balaban J connectivity index is 1.70. The van der Waals surface area contributed by atoms with E-state index in [0.717, 1.165) is 6.61 Å². The highest BCUT2D eigenvalue weighted by Crippen LogP contribution is 2.14. The second-order valence-corrected chi connectivity index (χ2v) is 8.88. The Bertz CT molecular complexity index is 390. The highest BCUT2D eigenvalue weighted by Gasteiger charge is 1.96. The molecular weight excluding hydrogens is 336 g/mol. The Morgan fingerprint density at radius 3 is 1.85 bits per heavy atom. The summed E-state index contributed by atoms with van der Waals surface area (Å²) >= 11 is 2.10. The molecule has 0 spiro atoms. The lowest BCUT2D eigenvalue weighted by molar-refractivity contribution is 0.0800. The van der Waals surface area contributed by atoms with Gasteiger partial charge in [-0.15, -0.1) is 0 Å². The zero-order valence-corrected chi connectivity index (χ0v) is 18.2. The van der Waals surface area contributed by atoms with Crippen molar-refractivity contribution < 1.29 is 4.74 Å². The number of ether oxygens (including phenoxy) is 1. The summed E-state index contributed by atoms with van der Waals surface area (Å²) in [5, 5.41) is 0. The first kappa shape index (κ1) is 23.6. The van der Waals surface area contributed by atoms with Crippen LogP contribution in [0.3, 0.4) is 0 Å². The number of aryl methyl sites for hydroxylation is 1. The van der Waals surface area contributed by atoms with Crippen LogP contribution < -0.4 is 0 Å². The van der Waals surface area contributed by atoms with Crippen LogP contribution in [0.5, 0.6) is 0 Å². The normalized spacial score (nSPS) is 11.3. The van der Waals surface area contributed by atoms with Crippen LogP contribution in [0.4, 0.5) is 0 Å². The second-order valence-electron chi connectivity index (χ2n) is 7.66. The van der Waals surface area contributed by atoms with Crippen LogP contribution in [0.1, 0.15) is 90.0 Å². The van der Waals surface area contributed by atoms with E-state index < -0.39 is 0 Å². The number of benzene rings is 1. The van der Waals surface area contributed by atoms with Gasteiger partial charge in [-0.2, -0.15) is 11.8 Å². The second kappa shape index (κ2) is 17.9. The van der Waals surface area contributed by atoms with Gasteiger partial charge in [-0.3, -0.25) is 0 Å². The van der Waals surface area contributed by atoms with Gasteiger partial charge in [0.05, 0.1) is 6.10 Å². The molecule has 0 aliphatic carbocycles. The first-order valence-electron chi connectivity index (χ1n) is 11.0. The van der Waals surface area contributed by atoms with E-state index in [2.05, 4.69) is 55.9 Å². The summed E-state index contributed by atoms with van der Waals surface area (Å²) in [6.07, 6.45) is 17.0. The molecule has 2 heteroatoms. The molecule has 1 aromatic rings. The molecule has 0 aliphatic rings. The molecule has 0 bridgehead atoms. The van der Waals surface area contributed by atoms with Crippen molar-refractivity contribution >= 4 is 11.8 Å². The highest BCUT2D eigenvalue weighted by molar-refractivity contribution is 7.99. The van der Waals surface area contributed by atoms with Crippen molar-refractivity contribution in [2.75, 3.05) is 18.1 Å². The Labute approximate surface area is 167 Å². The molecule has 0 amide bonds. The van der Waals surface area contributed by atoms with Gasteiger partial charge in [0, 0.05) is 6.61 Å². The Kier molecular flexibility index (Phi) is 16.2. The highest BCUT2D eigenvalue weighted by atomic mass is 32.2. The van der Waals surface area contributed by atoms with Crippen molar-refractivity contribution in [3.8, 4) is 0 Å². The summed E-state index contributed by atoms with van der Waals surface area (Å²) in [4.78, 5) is 0. The summed E-state index contributed by atoms with van der Waals surface area (Å²) < 4.78 is 5.56. The summed E-state index contributed by atoms with van der Waals surface area (Å²) in [6.45, 7) is 5.15. The number of hydrogen-bond acceptors (Lipinski definition) is 2. The van der Waals surface area contributed by atoms with Crippen molar-refractivity contribution in [3.05, 3.63) is 35.9 Å². The predicted molar refractivity (Wildman–Crippen MR) is 119 cm³/mol. The molecule has 0 unspecified atom stereocenters. The molecule has 1 nitrogen and oxygen atoms in total. The van der Waals surface area contributed by atoms with Gasteiger partial charge in [0.2, 0.25) is 0 Å². The molecule has 0 saturated heterocycles. The smallest absolute Gasteiger partial charge is 0.0518 e. The van der Waals surface area contributed by atoms with Gasteiger partial charge < -0.3 is 4.74 Å². The minimum atomic E-state index is 0.384. The van der Waals surface area contributed by atoms with Crippen molar-refractivity contribution in [1.29, 1.82) is 0 Å². The van der Waals surface area contributed by atoms with E-state index in [1.807, 2.05) is 0 Å². The third-order valence-electron chi connectivity index (χ3n) is 4.73. The van der Waals surface area contributed by atoms with E-state index in [4.69, 9.17) is 4.74 Å². The predicted octanol–water partition coefficient (Wildman–Crippen LogP) is 7.68. The molecule has 0 aliphatic heterocycles. The largest absolute Gasteiger partial charge is 0.379 e. The zero-order chi connectivity index (χ0) is 18.7.